The minimum Gasteiger partial charge on any atom is -0.393 e. The summed E-state index contributed by atoms with van der Waals surface area (Å²) in [7, 11) is 0. The first kappa shape index (κ1) is 16.9. The van der Waals surface area contributed by atoms with Crippen molar-refractivity contribution in [2.45, 2.75) is 38.1 Å². The highest BCUT2D eigenvalue weighted by atomic mass is 32.2. The van der Waals surface area contributed by atoms with E-state index in [2.05, 4.69) is 5.43 Å². The molecule has 2 aliphatic rings. The average Bonchev–Trinajstić information content (AvgIpc) is 3.04. The minimum atomic E-state index is -0.570. The van der Waals surface area contributed by atoms with Crippen molar-refractivity contribution in [2.24, 2.45) is 0 Å². The van der Waals surface area contributed by atoms with Crippen molar-refractivity contribution in [2.75, 3.05) is 12.3 Å². The van der Waals surface area contributed by atoms with E-state index in [4.69, 9.17) is 5.73 Å². The van der Waals surface area contributed by atoms with Crippen molar-refractivity contribution in [3.63, 3.8) is 0 Å². The quantitative estimate of drug-likeness (QED) is 0.277. The molecule has 1 fully saturated rings. The van der Waals surface area contributed by atoms with Gasteiger partial charge in [-0.3, -0.25) is 14.9 Å². The Kier molecular flexibility index (Phi) is 5.17. The van der Waals surface area contributed by atoms with Crippen LogP contribution in [0.25, 0.3) is 0 Å². The molecule has 24 heavy (non-hydrogen) atoms. The van der Waals surface area contributed by atoms with Crippen LogP contribution >= 0.6 is 11.9 Å². The molecule has 1 aliphatic heterocycles. The van der Waals surface area contributed by atoms with Crippen LogP contribution in [0.1, 0.15) is 42.5 Å². The summed E-state index contributed by atoms with van der Waals surface area (Å²) >= 11 is 1.36. The molecule has 0 amide bonds. The van der Waals surface area contributed by atoms with Gasteiger partial charge in [0.15, 0.2) is 0 Å². The number of rotatable bonds is 5. The second-order valence-corrected chi connectivity index (χ2v) is 7.11. The van der Waals surface area contributed by atoms with Gasteiger partial charge in [-0.1, -0.05) is 19.3 Å². The number of carbonyl (C=O) groups is 1. The number of allylic oxidation sites excluding steroid dienone is 1. The molecule has 0 unspecified atom stereocenters. The second-order valence-electron chi connectivity index (χ2n) is 6.04. The van der Waals surface area contributed by atoms with E-state index in [-0.39, 0.29) is 22.7 Å². The Morgan fingerprint density at radius 3 is 2.79 bits per heavy atom. The standard InChI is InChI=1S/C16H20N4O3S/c17-13-7-6-11(10-14(13)20(22)23)16(21)15-8-9-19(24-15)18-12-4-2-1-3-5-12/h6-8,10,12,18H,1-5,9,17H2. The molecule has 0 bridgehead atoms. The number of nitrogens with one attached hydrogen (secondary N) is 1. The van der Waals surface area contributed by atoms with Gasteiger partial charge < -0.3 is 5.73 Å². The zero-order valence-corrected chi connectivity index (χ0v) is 14.1. The molecular formula is C16H20N4O3S. The third-order valence-corrected chi connectivity index (χ3v) is 5.32. The lowest BCUT2D eigenvalue weighted by atomic mass is 9.96. The van der Waals surface area contributed by atoms with Crippen molar-refractivity contribution >= 4 is 29.1 Å². The van der Waals surface area contributed by atoms with E-state index in [1.165, 1.54) is 49.4 Å². The minimum absolute atomic E-state index is 0.0604. The highest BCUT2D eigenvalue weighted by Crippen LogP contribution is 2.32. The monoisotopic (exact) mass is 348 g/mol. The SMILES string of the molecule is Nc1ccc(C(=O)C2=CCN(NC3CCCCC3)S2)cc1[N+](=O)[O-]. The number of ketones is 1. The molecule has 3 N–H and O–H groups in total. The fraction of sp³-hybridized carbons (Fsp3) is 0.438. The van der Waals surface area contributed by atoms with Gasteiger partial charge in [-0.15, -0.1) is 0 Å². The van der Waals surface area contributed by atoms with Crippen molar-refractivity contribution < 1.29 is 9.72 Å². The summed E-state index contributed by atoms with van der Waals surface area (Å²) in [5.41, 5.74) is 9.15. The van der Waals surface area contributed by atoms with Gasteiger partial charge in [0.25, 0.3) is 5.69 Å². The molecule has 1 saturated carbocycles. The molecule has 0 atom stereocenters. The van der Waals surface area contributed by atoms with E-state index in [1.54, 1.807) is 0 Å². The zero-order chi connectivity index (χ0) is 17.1. The molecule has 0 saturated heterocycles. The van der Waals surface area contributed by atoms with Crippen molar-refractivity contribution in [3.05, 3.63) is 44.9 Å². The van der Waals surface area contributed by atoms with E-state index in [1.807, 2.05) is 10.5 Å². The fourth-order valence-corrected chi connectivity index (χ4v) is 3.93. The van der Waals surface area contributed by atoms with Crippen molar-refractivity contribution in [1.82, 2.24) is 9.84 Å². The Balaban J connectivity index is 1.64. The number of anilines is 1. The van der Waals surface area contributed by atoms with Gasteiger partial charge in [0.1, 0.15) is 5.69 Å². The number of nitro groups is 1. The summed E-state index contributed by atoms with van der Waals surface area (Å²) in [6, 6.07) is 4.65. The van der Waals surface area contributed by atoms with Gasteiger partial charge >= 0.3 is 0 Å². The molecule has 3 rings (SSSR count). The van der Waals surface area contributed by atoms with Crippen LogP contribution in [0, 0.1) is 10.1 Å². The molecule has 0 radical (unpaired) electrons. The summed E-state index contributed by atoms with van der Waals surface area (Å²) in [6.07, 6.45) is 7.94. The number of Topliss-reactive ketones (excluding diaryl/α,β-unsaturated/α-hetero) is 1. The highest BCUT2D eigenvalue weighted by molar-refractivity contribution is 8.02. The molecular weight excluding hydrogens is 328 g/mol. The zero-order valence-electron chi connectivity index (χ0n) is 13.2. The topological polar surface area (TPSA) is 102 Å². The number of nitrogens with two attached hydrogens (primary N) is 1. The lowest BCUT2D eigenvalue weighted by Gasteiger charge is -2.27. The van der Waals surface area contributed by atoms with Crippen LogP contribution in [-0.4, -0.2) is 27.7 Å². The van der Waals surface area contributed by atoms with E-state index in [0.29, 0.717) is 17.5 Å². The number of hydrazine groups is 1. The van der Waals surface area contributed by atoms with Gasteiger partial charge in [0.2, 0.25) is 5.78 Å². The molecule has 1 heterocycles. The summed E-state index contributed by atoms with van der Waals surface area (Å²) < 4.78 is 1.97. The number of hydrogen-bond acceptors (Lipinski definition) is 7. The first-order valence-electron chi connectivity index (χ1n) is 8.05. The average molecular weight is 348 g/mol. The van der Waals surface area contributed by atoms with Crippen LogP contribution in [0.4, 0.5) is 11.4 Å². The van der Waals surface area contributed by atoms with Crippen molar-refractivity contribution in [3.8, 4) is 0 Å². The van der Waals surface area contributed by atoms with E-state index in [0.717, 1.165) is 12.8 Å². The van der Waals surface area contributed by atoms with E-state index >= 15 is 0 Å². The largest absolute Gasteiger partial charge is 0.393 e. The summed E-state index contributed by atoms with van der Waals surface area (Å²) in [4.78, 5) is 23.5. The van der Waals surface area contributed by atoms with Crippen LogP contribution in [0.5, 0.6) is 0 Å². The third kappa shape index (κ3) is 3.77. The normalized spacial score (nSPS) is 19.2. The van der Waals surface area contributed by atoms with Crippen molar-refractivity contribution in [1.29, 1.82) is 0 Å². The van der Waals surface area contributed by atoms with E-state index in [9.17, 15) is 14.9 Å². The Bertz CT molecular complexity index is 686. The van der Waals surface area contributed by atoms with Crippen LogP contribution in [-0.2, 0) is 0 Å². The number of hydrogen-bond donors (Lipinski definition) is 2. The molecule has 0 aromatic heterocycles. The second kappa shape index (κ2) is 7.33. The van der Waals surface area contributed by atoms with E-state index < -0.39 is 4.92 Å². The first-order chi connectivity index (χ1) is 11.5. The number of nitro benzene ring substituents is 1. The van der Waals surface area contributed by atoms with Gasteiger partial charge in [-0.2, -0.15) is 4.41 Å². The predicted molar refractivity (Wildman–Crippen MR) is 94.2 cm³/mol. The number of carbonyl (C=O) groups excluding carboxylic acids is 1. The van der Waals surface area contributed by atoms with Gasteiger partial charge in [0.05, 0.1) is 9.83 Å². The number of benzene rings is 1. The summed E-state index contributed by atoms with van der Waals surface area (Å²) in [5.74, 6) is -0.212. The van der Waals surface area contributed by atoms with Crippen LogP contribution in [0.3, 0.4) is 0 Å². The highest BCUT2D eigenvalue weighted by Gasteiger charge is 2.26. The lowest BCUT2D eigenvalue weighted by Crippen LogP contribution is -2.40. The molecule has 1 aromatic rings. The third-order valence-electron chi connectivity index (χ3n) is 4.30. The molecule has 128 valence electrons. The Morgan fingerprint density at radius 1 is 1.33 bits per heavy atom. The molecule has 1 aliphatic carbocycles. The molecule has 8 heteroatoms. The van der Waals surface area contributed by atoms with Gasteiger partial charge in [-0.25, -0.2) is 5.43 Å². The Morgan fingerprint density at radius 2 is 2.08 bits per heavy atom. The Labute approximate surface area is 144 Å². The van der Waals surface area contributed by atoms with Gasteiger partial charge in [0, 0.05) is 24.2 Å². The Hall–Kier alpha value is -1.90. The van der Waals surface area contributed by atoms with Crippen LogP contribution in [0.2, 0.25) is 0 Å². The maximum absolute atomic E-state index is 12.6. The van der Waals surface area contributed by atoms with Gasteiger partial charge in [-0.05, 0) is 43.0 Å². The van der Waals surface area contributed by atoms with Crippen LogP contribution < -0.4 is 11.2 Å². The lowest BCUT2D eigenvalue weighted by molar-refractivity contribution is -0.383. The van der Waals surface area contributed by atoms with Crippen LogP contribution in [0.15, 0.2) is 29.2 Å². The fourth-order valence-electron chi connectivity index (χ4n) is 2.99. The smallest absolute Gasteiger partial charge is 0.292 e. The molecule has 0 spiro atoms. The molecule has 7 nitrogen and oxygen atoms in total. The summed E-state index contributed by atoms with van der Waals surface area (Å²) in [6.45, 7) is 0.638. The predicted octanol–water partition coefficient (Wildman–Crippen LogP) is 3.04. The number of nitrogen functional groups attached to an aromatic ring is 1. The maximum Gasteiger partial charge on any atom is 0.292 e. The summed E-state index contributed by atoms with van der Waals surface area (Å²) in [5, 5.41) is 11.0. The first-order valence-corrected chi connectivity index (χ1v) is 8.82. The molecule has 1 aromatic carbocycles. The number of nitrogens with zero attached hydrogens (tertiary/aromatic N) is 2. The maximum atomic E-state index is 12.6.